The van der Waals surface area contributed by atoms with Crippen molar-refractivity contribution in [3.63, 3.8) is 0 Å². The van der Waals surface area contributed by atoms with E-state index < -0.39 is 0 Å². The van der Waals surface area contributed by atoms with Crippen LogP contribution in [-0.2, 0) is 6.61 Å². The van der Waals surface area contributed by atoms with Gasteiger partial charge in [0.25, 0.3) is 0 Å². The van der Waals surface area contributed by atoms with Gasteiger partial charge in [0.2, 0.25) is 0 Å². The Balaban J connectivity index is 1.57. The Morgan fingerprint density at radius 1 is 1.10 bits per heavy atom. The summed E-state index contributed by atoms with van der Waals surface area (Å²) in [4.78, 5) is 5.08. The minimum absolute atomic E-state index is 0.114. The summed E-state index contributed by atoms with van der Waals surface area (Å²) in [6.45, 7) is 6.26. The number of hydrogen-bond donors (Lipinski definition) is 1. The molecule has 0 amide bonds. The van der Waals surface area contributed by atoms with Crippen molar-refractivity contribution in [3.05, 3.63) is 28.2 Å². The van der Waals surface area contributed by atoms with E-state index in [9.17, 15) is 5.11 Å². The van der Waals surface area contributed by atoms with Crippen LogP contribution in [-0.4, -0.2) is 42.7 Å². The van der Waals surface area contributed by atoms with Gasteiger partial charge in [-0.15, -0.1) is 0 Å². The lowest BCUT2D eigenvalue weighted by molar-refractivity contribution is 0.248. The Bertz CT molecular complexity index is 466. The molecular formula is C17H25BrN2O. The first-order chi connectivity index (χ1) is 10.3. The Morgan fingerprint density at radius 2 is 1.81 bits per heavy atom. The van der Waals surface area contributed by atoms with E-state index in [1.54, 1.807) is 0 Å². The molecule has 2 aliphatic heterocycles. The SMILES string of the molecule is OCc1cc(Br)ccc1N1CCC(CN2CCCC2)CC1. The monoisotopic (exact) mass is 352 g/mol. The highest BCUT2D eigenvalue weighted by Crippen LogP contribution is 2.29. The molecule has 4 heteroatoms. The van der Waals surface area contributed by atoms with E-state index in [0.717, 1.165) is 29.0 Å². The molecule has 116 valence electrons. The first kappa shape index (κ1) is 15.3. The first-order valence-electron chi connectivity index (χ1n) is 8.13. The lowest BCUT2D eigenvalue weighted by Gasteiger charge is -2.36. The van der Waals surface area contributed by atoms with Gasteiger partial charge in [-0.05, 0) is 62.9 Å². The molecule has 0 spiro atoms. The number of aliphatic hydroxyl groups excluding tert-OH is 1. The summed E-state index contributed by atoms with van der Waals surface area (Å²) in [5.74, 6) is 0.854. The van der Waals surface area contributed by atoms with Gasteiger partial charge in [0.05, 0.1) is 6.61 Å². The summed E-state index contributed by atoms with van der Waals surface area (Å²) in [5.41, 5.74) is 2.24. The highest BCUT2D eigenvalue weighted by Gasteiger charge is 2.23. The second-order valence-corrected chi connectivity index (χ2v) is 7.28. The van der Waals surface area contributed by atoms with Gasteiger partial charge in [0, 0.05) is 35.4 Å². The fourth-order valence-electron chi connectivity index (χ4n) is 3.68. The third kappa shape index (κ3) is 3.79. The molecule has 0 unspecified atom stereocenters. The fourth-order valence-corrected chi connectivity index (χ4v) is 4.08. The molecule has 0 aromatic heterocycles. The number of hydrogen-bond acceptors (Lipinski definition) is 3. The second kappa shape index (κ2) is 7.12. The lowest BCUT2D eigenvalue weighted by atomic mass is 9.95. The van der Waals surface area contributed by atoms with Gasteiger partial charge in [-0.3, -0.25) is 0 Å². The van der Waals surface area contributed by atoms with Crippen molar-refractivity contribution in [2.45, 2.75) is 32.3 Å². The maximum absolute atomic E-state index is 9.56. The second-order valence-electron chi connectivity index (χ2n) is 6.37. The van der Waals surface area contributed by atoms with E-state index in [2.05, 4.69) is 37.9 Å². The van der Waals surface area contributed by atoms with Gasteiger partial charge in [0.1, 0.15) is 0 Å². The molecule has 0 saturated carbocycles. The average Bonchev–Trinajstić information content (AvgIpc) is 3.01. The molecule has 1 N–H and O–H groups in total. The maximum atomic E-state index is 9.56. The molecule has 0 atom stereocenters. The van der Waals surface area contributed by atoms with Crippen molar-refractivity contribution in [1.29, 1.82) is 0 Å². The molecule has 2 saturated heterocycles. The molecule has 1 aromatic rings. The van der Waals surface area contributed by atoms with Crippen LogP contribution in [0, 0.1) is 5.92 Å². The van der Waals surface area contributed by atoms with Gasteiger partial charge >= 0.3 is 0 Å². The van der Waals surface area contributed by atoms with Crippen LogP contribution in [0.3, 0.4) is 0 Å². The number of halogens is 1. The highest BCUT2D eigenvalue weighted by molar-refractivity contribution is 9.10. The van der Waals surface area contributed by atoms with Gasteiger partial charge in [0.15, 0.2) is 0 Å². The summed E-state index contributed by atoms with van der Waals surface area (Å²) in [7, 11) is 0. The van der Waals surface area contributed by atoms with E-state index in [-0.39, 0.29) is 6.61 Å². The molecule has 21 heavy (non-hydrogen) atoms. The van der Waals surface area contributed by atoms with Crippen LogP contribution < -0.4 is 4.90 Å². The number of nitrogens with zero attached hydrogens (tertiary/aromatic N) is 2. The zero-order chi connectivity index (χ0) is 14.7. The summed E-state index contributed by atoms with van der Waals surface area (Å²) in [6.07, 6.45) is 5.32. The largest absolute Gasteiger partial charge is 0.392 e. The number of rotatable bonds is 4. The third-order valence-electron chi connectivity index (χ3n) is 4.88. The lowest BCUT2D eigenvalue weighted by Crippen LogP contribution is -2.38. The summed E-state index contributed by atoms with van der Waals surface area (Å²) in [5, 5.41) is 9.56. The predicted molar refractivity (Wildman–Crippen MR) is 90.7 cm³/mol. The summed E-state index contributed by atoms with van der Waals surface area (Å²) >= 11 is 3.48. The Labute approximate surface area is 136 Å². The van der Waals surface area contributed by atoms with E-state index in [0.29, 0.717) is 0 Å². The topological polar surface area (TPSA) is 26.7 Å². The standard InChI is InChI=1S/C17H25BrN2O/c18-16-3-4-17(15(11-16)13-21)20-9-5-14(6-10-20)12-19-7-1-2-8-19/h3-4,11,14,21H,1-2,5-10,12-13H2. The Morgan fingerprint density at radius 3 is 2.48 bits per heavy atom. The van der Waals surface area contributed by atoms with E-state index in [4.69, 9.17) is 0 Å². The normalized spacial score (nSPS) is 21.1. The number of aliphatic hydroxyl groups is 1. The molecule has 0 aliphatic carbocycles. The van der Waals surface area contributed by atoms with E-state index >= 15 is 0 Å². The number of piperidine rings is 1. The molecule has 3 rings (SSSR count). The van der Waals surface area contributed by atoms with Crippen molar-refractivity contribution in [2.75, 3.05) is 37.6 Å². The van der Waals surface area contributed by atoms with Gasteiger partial charge < -0.3 is 14.9 Å². The van der Waals surface area contributed by atoms with Crippen LogP contribution in [0.15, 0.2) is 22.7 Å². The molecule has 2 fully saturated rings. The smallest absolute Gasteiger partial charge is 0.0702 e. The average molecular weight is 353 g/mol. The van der Waals surface area contributed by atoms with Crippen LogP contribution in [0.5, 0.6) is 0 Å². The van der Waals surface area contributed by atoms with Crippen LogP contribution in [0.2, 0.25) is 0 Å². The number of benzene rings is 1. The molecule has 2 aliphatic rings. The zero-order valence-corrected chi connectivity index (χ0v) is 14.2. The summed E-state index contributed by atoms with van der Waals surface area (Å²) < 4.78 is 1.04. The number of likely N-dealkylation sites (tertiary alicyclic amines) is 1. The van der Waals surface area contributed by atoms with Crippen LogP contribution in [0.4, 0.5) is 5.69 Å². The molecule has 0 bridgehead atoms. The Kier molecular flexibility index (Phi) is 5.19. The molecule has 3 nitrogen and oxygen atoms in total. The highest BCUT2D eigenvalue weighted by atomic mass is 79.9. The summed E-state index contributed by atoms with van der Waals surface area (Å²) in [6, 6.07) is 6.24. The molecule has 1 aromatic carbocycles. The number of anilines is 1. The van der Waals surface area contributed by atoms with Crippen molar-refractivity contribution in [2.24, 2.45) is 5.92 Å². The van der Waals surface area contributed by atoms with Gasteiger partial charge in [-0.2, -0.15) is 0 Å². The maximum Gasteiger partial charge on any atom is 0.0702 e. The van der Waals surface area contributed by atoms with Gasteiger partial charge in [-0.1, -0.05) is 15.9 Å². The molecule has 2 heterocycles. The Hall–Kier alpha value is -0.580. The fraction of sp³-hybridized carbons (Fsp3) is 0.647. The molecule has 0 radical (unpaired) electrons. The predicted octanol–water partition coefficient (Wildman–Crippen LogP) is 3.25. The van der Waals surface area contributed by atoms with Crippen molar-refractivity contribution < 1.29 is 5.11 Å². The minimum Gasteiger partial charge on any atom is -0.392 e. The molecular weight excluding hydrogens is 328 g/mol. The third-order valence-corrected chi connectivity index (χ3v) is 5.38. The first-order valence-corrected chi connectivity index (χ1v) is 8.92. The van der Waals surface area contributed by atoms with Crippen molar-refractivity contribution in [3.8, 4) is 0 Å². The van der Waals surface area contributed by atoms with Crippen LogP contribution in [0.25, 0.3) is 0 Å². The minimum atomic E-state index is 0.114. The van der Waals surface area contributed by atoms with Crippen molar-refractivity contribution >= 4 is 21.6 Å². The zero-order valence-electron chi connectivity index (χ0n) is 12.6. The van der Waals surface area contributed by atoms with Crippen molar-refractivity contribution in [1.82, 2.24) is 4.90 Å². The van der Waals surface area contributed by atoms with Crippen LogP contribution >= 0.6 is 15.9 Å². The van der Waals surface area contributed by atoms with E-state index in [1.165, 1.54) is 51.0 Å². The van der Waals surface area contributed by atoms with E-state index in [1.807, 2.05) is 6.07 Å². The quantitative estimate of drug-likeness (QED) is 0.900. The van der Waals surface area contributed by atoms with Crippen LogP contribution in [0.1, 0.15) is 31.2 Å². The van der Waals surface area contributed by atoms with Gasteiger partial charge in [-0.25, -0.2) is 0 Å².